The van der Waals surface area contributed by atoms with Gasteiger partial charge in [0.1, 0.15) is 5.82 Å². The Bertz CT molecular complexity index is 827. The van der Waals surface area contributed by atoms with Crippen molar-refractivity contribution in [3.05, 3.63) is 53.8 Å². The van der Waals surface area contributed by atoms with Crippen molar-refractivity contribution < 1.29 is 18.7 Å². The van der Waals surface area contributed by atoms with Gasteiger partial charge < -0.3 is 19.7 Å². The molecule has 1 N–H and O–H groups in total. The van der Waals surface area contributed by atoms with E-state index in [9.17, 15) is 9.18 Å². The first-order valence-electron chi connectivity index (χ1n) is 9.40. The minimum atomic E-state index is -0.355. The predicted molar refractivity (Wildman–Crippen MR) is 101 cm³/mol. The van der Waals surface area contributed by atoms with Gasteiger partial charge in [-0.25, -0.2) is 4.39 Å². The summed E-state index contributed by atoms with van der Waals surface area (Å²) in [6.07, 6.45) is 2.72. The van der Waals surface area contributed by atoms with Gasteiger partial charge in [0.25, 0.3) is 0 Å². The number of carbonyl (C=O) groups is 1. The molecule has 4 rings (SSSR count). The van der Waals surface area contributed by atoms with E-state index in [4.69, 9.17) is 9.47 Å². The highest BCUT2D eigenvalue weighted by Gasteiger charge is 2.30. The van der Waals surface area contributed by atoms with Crippen LogP contribution in [0.2, 0.25) is 0 Å². The number of hydrogen-bond acceptors (Lipinski definition) is 4. The average Bonchev–Trinajstić information content (AvgIpc) is 3.06. The molecular weight excluding hydrogens is 347 g/mol. The molecule has 1 fully saturated rings. The second-order valence-electron chi connectivity index (χ2n) is 6.84. The van der Waals surface area contributed by atoms with E-state index in [2.05, 4.69) is 5.32 Å². The molecule has 0 bridgehead atoms. The molecule has 0 saturated carbocycles. The lowest BCUT2D eigenvalue weighted by Crippen LogP contribution is -2.35. The second-order valence-corrected chi connectivity index (χ2v) is 6.84. The van der Waals surface area contributed by atoms with Crippen molar-refractivity contribution in [3.63, 3.8) is 0 Å². The Labute approximate surface area is 158 Å². The second kappa shape index (κ2) is 7.86. The van der Waals surface area contributed by atoms with Gasteiger partial charge in [0.2, 0.25) is 5.91 Å². The van der Waals surface area contributed by atoms with Gasteiger partial charge in [-0.15, -0.1) is 0 Å². The molecule has 2 heterocycles. The minimum Gasteiger partial charge on any atom is -0.490 e. The van der Waals surface area contributed by atoms with Gasteiger partial charge in [0.15, 0.2) is 11.5 Å². The molecule has 0 unspecified atom stereocenters. The van der Waals surface area contributed by atoms with Gasteiger partial charge in [-0.1, -0.05) is 18.2 Å². The Morgan fingerprint density at radius 3 is 2.78 bits per heavy atom. The highest BCUT2D eigenvalue weighted by atomic mass is 19.1. The van der Waals surface area contributed by atoms with Crippen molar-refractivity contribution in [1.29, 1.82) is 0 Å². The van der Waals surface area contributed by atoms with Crippen LogP contribution in [-0.2, 0) is 4.79 Å². The van der Waals surface area contributed by atoms with Crippen molar-refractivity contribution >= 4 is 11.6 Å². The minimum absolute atomic E-state index is 0.0112. The largest absolute Gasteiger partial charge is 0.490 e. The molecule has 5 nitrogen and oxygen atoms in total. The standard InChI is InChI=1S/C21H23FN2O3/c22-16-5-1-2-6-17(16)23-14-21(25)24-10-3-7-18(24)15-8-9-19-20(13-15)27-12-4-11-26-19/h1-2,5-6,8-9,13,18,23H,3-4,7,10-12,14H2/t18-/m0/s1. The van der Waals surface area contributed by atoms with Crippen molar-refractivity contribution in [2.45, 2.75) is 25.3 Å². The number of carbonyl (C=O) groups excluding carboxylic acids is 1. The van der Waals surface area contributed by atoms with Gasteiger partial charge in [-0.2, -0.15) is 0 Å². The number of nitrogens with one attached hydrogen (secondary N) is 1. The van der Waals surface area contributed by atoms with E-state index >= 15 is 0 Å². The highest BCUT2D eigenvalue weighted by Crippen LogP contribution is 2.37. The maximum absolute atomic E-state index is 13.7. The van der Waals surface area contributed by atoms with Crippen molar-refractivity contribution in [3.8, 4) is 11.5 Å². The number of rotatable bonds is 4. The number of anilines is 1. The first kappa shape index (κ1) is 17.6. The van der Waals surface area contributed by atoms with Gasteiger partial charge in [0.05, 0.1) is 31.5 Å². The average molecular weight is 370 g/mol. The molecule has 0 spiro atoms. The van der Waals surface area contributed by atoms with E-state index in [0.717, 1.165) is 36.3 Å². The quantitative estimate of drug-likeness (QED) is 0.890. The summed E-state index contributed by atoms with van der Waals surface area (Å²) >= 11 is 0. The van der Waals surface area contributed by atoms with Crippen LogP contribution < -0.4 is 14.8 Å². The summed E-state index contributed by atoms with van der Waals surface area (Å²) in [5.74, 6) is 1.11. The summed E-state index contributed by atoms with van der Waals surface area (Å²) in [5, 5.41) is 2.91. The zero-order valence-corrected chi connectivity index (χ0v) is 15.1. The molecule has 0 radical (unpaired) electrons. The number of ether oxygens (including phenoxy) is 2. The lowest BCUT2D eigenvalue weighted by atomic mass is 10.0. The lowest BCUT2D eigenvalue weighted by molar-refractivity contribution is -0.130. The van der Waals surface area contributed by atoms with Gasteiger partial charge in [-0.05, 0) is 42.7 Å². The number of halogens is 1. The molecular formula is C21H23FN2O3. The first-order valence-corrected chi connectivity index (χ1v) is 9.40. The van der Waals surface area contributed by atoms with Crippen molar-refractivity contribution in [2.24, 2.45) is 0 Å². The zero-order chi connectivity index (χ0) is 18.6. The van der Waals surface area contributed by atoms with Crippen LogP contribution in [0.3, 0.4) is 0 Å². The molecule has 2 aromatic rings. The van der Waals surface area contributed by atoms with E-state index in [0.29, 0.717) is 25.4 Å². The Kier molecular flexibility index (Phi) is 5.14. The van der Waals surface area contributed by atoms with E-state index in [1.54, 1.807) is 18.2 Å². The molecule has 142 valence electrons. The van der Waals surface area contributed by atoms with Crippen molar-refractivity contribution in [1.82, 2.24) is 4.90 Å². The Hall–Kier alpha value is -2.76. The highest BCUT2D eigenvalue weighted by molar-refractivity contribution is 5.81. The predicted octanol–water partition coefficient (Wildman–Crippen LogP) is 3.76. The summed E-state index contributed by atoms with van der Waals surface area (Å²) in [7, 11) is 0. The smallest absolute Gasteiger partial charge is 0.242 e. The number of amides is 1. The van der Waals surface area contributed by atoms with Gasteiger partial charge >= 0.3 is 0 Å². The molecule has 1 atom stereocenters. The molecule has 1 saturated heterocycles. The number of nitrogens with zero attached hydrogens (tertiary/aromatic N) is 1. The van der Waals surface area contributed by atoms with Crippen LogP contribution in [-0.4, -0.2) is 37.1 Å². The third kappa shape index (κ3) is 3.84. The fraction of sp³-hybridized carbons (Fsp3) is 0.381. The monoisotopic (exact) mass is 370 g/mol. The number of para-hydroxylation sites is 1. The maximum atomic E-state index is 13.7. The Morgan fingerprint density at radius 2 is 1.93 bits per heavy atom. The van der Waals surface area contributed by atoms with E-state index in [-0.39, 0.29) is 24.3 Å². The SMILES string of the molecule is O=C(CNc1ccccc1F)N1CCC[C@H]1c1ccc2c(c1)OCCCO2. The topological polar surface area (TPSA) is 50.8 Å². The Morgan fingerprint density at radius 1 is 1.11 bits per heavy atom. The molecule has 2 aliphatic heterocycles. The molecule has 0 aliphatic carbocycles. The summed E-state index contributed by atoms with van der Waals surface area (Å²) in [6, 6.07) is 12.3. The fourth-order valence-corrected chi connectivity index (χ4v) is 3.68. The normalized spacial score (nSPS) is 18.9. The molecule has 1 amide bonds. The third-order valence-corrected chi connectivity index (χ3v) is 5.03. The summed E-state index contributed by atoms with van der Waals surface area (Å²) in [5.41, 5.74) is 1.40. The van der Waals surface area contributed by atoms with Crippen LogP contribution in [0.15, 0.2) is 42.5 Å². The molecule has 2 aromatic carbocycles. The molecule has 2 aliphatic rings. The van der Waals surface area contributed by atoms with Crippen molar-refractivity contribution in [2.75, 3.05) is 31.6 Å². The van der Waals surface area contributed by atoms with E-state index in [1.165, 1.54) is 6.07 Å². The lowest BCUT2D eigenvalue weighted by Gasteiger charge is -2.26. The summed E-state index contributed by atoms with van der Waals surface area (Å²) < 4.78 is 25.2. The van der Waals surface area contributed by atoms with E-state index < -0.39 is 0 Å². The number of benzene rings is 2. The third-order valence-electron chi connectivity index (χ3n) is 5.03. The fourth-order valence-electron chi connectivity index (χ4n) is 3.68. The molecule has 6 heteroatoms. The van der Waals surface area contributed by atoms with Gasteiger partial charge in [0, 0.05) is 13.0 Å². The van der Waals surface area contributed by atoms with Crippen LogP contribution in [0.25, 0.3) is 0 Å². The van der Waals surface area contributed by atoms with Crippen LogP contribution in [0.4, 0.5) is 10.1 Å². The number of hydrogen-bond donors (Lipinski definition) is 1. The molecule has 27 heavy (non-hydrogen) atoms. The maximum Gasteiger partial charge on any atom is 0.242 e. The summed E-state index contributed by atoms with van der Waals surface area (Å²) in [6.45, 7) is 2.07. The molecule has 0 aromatic heterocycles. The number of likely N-dealkylation sites (tertiary alicyclic amines) is 1. The van der Waals surface area contributed by atoms with Crippen LogP contribution >= 0.6 is 0 Å². The van der Waals surface area contributed by atoms with Crippen LogP contribution in [0.1, 0.15) is 30.9 Å². The first-order chi connectivity index (χ1) is 13.2. The van der Waals surface area contributed by atoms with Gasteiger partial charge in [-0.3, -0.25) is 4.79 Å². The summed E-state index contributed by atoms with van der Waals surface area (Å²) in [4.78, 5) is 14.6. The Balaban J connectivity index is 1.46. The van der Waals surface area contributed by atoms with E-state index in [1.807, 2.05) is 23.1 Å². The number of fused-ring (bicyclic) bond motifs is 1. The van der Waals surface area contributed by atoms with Crippen LogP contribution in [0.5, 0.6) is 11.5 Å². The zero-order valence-electron chi connectivity index (χ0n) is 15.1. The van der Waals surface area contributed by atoms with Crippen LogP contribution in [0, 0.1) is 5.82 Å².